The first-order chi connectivity index (χ1) is 7.36. The number of benzene rings is 1. The summed E-state index contributed by atoms with van der Waals surface area (Å²) in [7, 11) is 0. The second kappa shape index (κ2) is 5.08. The van der Waals surface area contributed by atoms with Crippen LogP contribution in [0.5, 0.6) is 0 Å². The van der Waals surface area contributed by atoms with Crippen LogP contribution in [0.1, 0.15) is 29.6 Å². The molecule has 80 valence electrons. The van der Waals surface area contributed by atoms with Crippen LogP contribution in [-0.2, 0) is 0 Å². The van der Waals surface area contributed by atoms with Crippen LogP contribution in [-0.4, -0.2) is 25.4 Å². The van der Waals surface area contributed by atoms with E-state index in [1.54, 1.807) is 0 Å². The Hall–Kier alpha value is -1.15. The molecule has 1 fully saturated rings. The zero-order chi connectivity index (χ0) is 10.5. The minimum atomic E-state index is 0.285. The number of piperidine rings is 1. The van der Waals surface area contributed by atoms with E-state index >= 15 is 0 Å². The standard InChI is InChI=1S/C13H17NO/c15-13(12-7-3-1-4-8-12)11-14-9-5-2-6-10-14/h1,3-4,7-8H,2,5-6,9-11H2/p+1. The molecule has 0 atom stereocenters. The van der Waals surface area contributed by atoms with Crippen LogP contribution in [0.15, 0.2) is 30.3 Å². The van der Waals surface area contributed by atoms with Gasteiger partial charge in [-0.25, -0.2) is 0 Å². The van der Waals surface area contributed by atoms with Gasteiger partial charge >= 0.3 is 0 Å². The fourth-order valence-corrected chi connectivity index (χ4v) is 2.18. The van der Waals surface area contributed by atoms with Gasteiger partial charge in [-0.3, -0.25) is 4.79 Å². The minimum Gasteiger partial charge on any atom is -0.328 e. The highest BCUT2D eigenvalue weighted by atomic mass is 16.1. The maximum absolute atomic E-state index is 11.9. The molecule has 1 heterocycles. The summed E-state index contributed by atoms with van der Waals surface area (Å²) in [6.07, 6.45) is 3.89. The van der Waals surface area contributed by atoms with Crippen LogP contribution in [0.4, 0.5) is 0 Å². The number of ketones is 1. The summed E-state index contributed by atoms with van der Waals surface area (Å²) in [6, 6.07) is 9.62. The Balaban J connectivity index is 1.91. The lowest BCUT2D eigenvalue weighted by atomic mass is 10.1. The smallest absolute Gasteiger partial charge is 0.216 e. The van der Waals surface area contributed by atoms with E-state index in [9.17, 15) is 4.79 Å². The molecule has 0 spiro atoms. The van der Waals surface area contributed by atoms with E-state index in [0.717, 1.165) is 5.56 Å². The van der Waals surface area contributed by atoms with Crippen LogP contribution in [0.25, 0.3) is 0 Å². The van der Waals surface area contributed by atoms with Gasteiger partial charge in [0.25, 0.3) is 0 Å². The van der Waals surface area contributed by atoms with Crippen LogP contribution >= 0.6 is 0 Å². The largest absolute Gasteiger partial charge is 0.328 e. The van der Waals surface area contributed by atoms with Gasteiger partial charge in [0.1, 0.15) is 6.54 Å². The Morgan fingerprint density at radius 3 is 2.40 bits per heavy atom. The Morgan fingerprint density at radius 1 is 1.07 bits per heavy atom. The van der Waals surface area contributed by atoms with Crippen molar-refractivity contribution < 1.29 is 9.69 Å². The number of quaternary nitrogens is 1. The second-order valence-corrected chi connectivity index (χ2v) is 4.28. The van der Waals surface area contributed by atoms with Crippen molar-refractivity contribution >= 4 is 5.78 Å². The van der Waals surface area contributed by atoms with Crippen molar-refractivity contribution in [3.8, 4) is 0 Å². The first kappa shape index (κ1) is 10.4. The summed E-state index contributed by atoms with van der Waals surface area (Å²) >= 11 is 0. The summed E-state index contributed by atoms with van der Waals surface area (Å²) in [5.74, 6) is 0.285. The van der Waals surface area contributed by atoms with Gasteiger partial charge in [-0.05, 0) is 19.3 Å². The third-order valence-corrected chi connectivity index (χ3v) is 3.07. The molecule has 0 radical (unpaired) electrons. The molecule has 1 N–H and O–H groups in total. The van der Waals surface area contributed by atoms with Crippen LogP contribution in [0.3, 0.4) is 0 Å². The normalized spacial score (nSPS) is 17.6. The van der Waals surface area contributed by atoms with Crippen molar-refractivity contribution in [3.05, 3.63) is 35.9 Å². The van der Waals surface area contributed by atoms with Crippen molar-refractivity contribution in [1.29, 1.82) is 0 Å². The van der Waals surface area contributed by atoms with Crippen molar-refractivity contribution in [2.24, 2.45) is 0 Å². The van der Waals surface area contributed by atoms with Gasteiger partial charge < -0.3 is 4.90 Å². The summed E-state index contributed by atoms with van der Waals surface area (Å²) in [5, 5.41) is 0. The molecule has 0 unspecified atom stereocenters. The van der Waals surface area contributed by atoms with Gasteiger partial charge in [-0.15, -0.1) is 0 Å². The Labute approximate surface area is 90.9 Å². The summed E-state index contributed by atoms with van der Waals surface area (Å²) in [4.78, 5) is 13.3. The first-order valence-corrected chi connectivity index (χ1v) is 5.78. The molecule has 2 rings (SSSR count). The highest BCUT2D eigenvalue weighted by Crippen LogP contribution is 1.99. The lowest BCUT2D eigenvalue weighted by Gasteiger charge is -2.22. The topological polar surface area (TPSA) is 21.5 Å². The Bertz CT molecular complexity index is 315. The van der Waals surface area contributed by atoms with E-state index in [0.29, 0.717) is 6.54 Å². The lowest BCUT2D eigenvalue weighted by molar-refractivity contribution is -0.896. The second-order valence-electron chi connectivity index (χ2n) is 4.28. The molecule has 2 nitrogen and oxygen atoms in total. The number of likely N-dealkylation sites (tertiary alicyclic amines) is 1. The summed E-state index contributed by atoms with van der Waals surface area (Å²) < 4.78 is 0. The highest BCUT2D eigenvalue weighted by molar-refractivity contribution is 5.96. The number of rotatable bonds is 3. The monoisotopic (exact) mass is 204 g/mol. The molecule has 2 heteroatoms. The lowest BCUT2D eigenvalue weighted by Crippen LogP contribution is -3.13. The maximum Gasteiger partial charge on any atom is 0.216 e. The van der Waals surface area contributed by atoms with Crippen molar-refractivity contribution in [2.45, 2.75) is 19.3 Å². The van der Waals surface area contributed by atoms with Gasteiger partial charge in [-0.1, -0.05) is 30.3 Å². The van der Waals surface area contributed by atoms with Gasteiger partial charge in [0.15, 0.2) is 0 Å². The molecule has 1 saturated heterocycles. The summed E-state index contributed by atoms with van der Waals surface area (Å²) in [6.45, 7) is 3.00. The van der Waals surface area contributed by atoms with Crippen molar-refractivity contribution in [1.82, 2.24) is 0 Å². The average molecular weight is 204 g/mol. The number of hydrogen-bond donors (Lipinski definition) is 1. The van der Waals surface area contributed by atoms with Gasteiger partial charge in [0.05, 0.1) is 13.1 Å². The molecule has 0 saturated carbocycles. The summed E-state index contributed by atoms with van der Waals surface area (Å²) in [5.41, 5.74) is 0.857. The molecule has 0 amide bonds. The van der Waals surface area contributed by atoms with E-state index in [-0.39, 0.29) is 5.78 Å². The quantitative estimate of drug-likeness (QED) is 0.727. The first-order valence-electron chi connectivity index (χ1n) is 5.78. The zero-order valence-electron chi connectivity index (χ0n) is 9.04. The minimum absolute atomic E-state index is 0.285. The van der Waals surface area contributed by atoms with E-state index in [1.807, 2.05) is 30.3 Å². The number of Topliss-reactive ketones (excluding diaryl/α,β-unsaturated/α-hetero) is 1. The zero-order valence-corrected chi connectivity index (χ0v) is 9.04. The van der Waals surface area contributed by atoms with Gasteiger partial charge in [0.2, 0.25) is 5.78 Å². The molecule has 0 aliphatic carbocycles. The maximum atomic E-state index is 11.9. The predicted octanol–water partition coefficient (Wildman–Crippen LogP) is 0.938. The third kappa shape index (κ3) is 2.90. The van der Waals surface area contributed by atoms with Crippen molar-refractivity contribution in [2.75, 3.05) is 19.6 Å². The van der Waals surface area contributed by atoms with E-state index < -0.39 is 0 Å². The Kier molecular flexibility index (Phi) is 3.51. The molecule has 15 heavy (non-hydrogen) atoms. The molecule has 1 aromatic rings. The molecule has 1 aliphatic rings. The molecule has 1 aliphatic heterocycles. The van der Waals surface area contributed by atoms with E-state index in [4.69, 9.17) is 0 Å². The molecular formula is C13H18NO+. The fourth-order valence-electron chi connectivity index (χ4n) is 2.18. The third-order valence-electron chi connectivity index (χ3n) is 3.07. The highest BCUT2D eigenvalue weighted by Gasteiger charge is 2.17. The molecule has 0 aromatic heterocycles. The molecular weight excluding hydrogens is 186 g/mol. The van der Waals surface area contributed by atoms with Crippen LogP contribution in [0.2, 0.25) is 0 Å². The molecule has 0 bridgehead atoms. The van der Waals surface area contributed by atoms with Gasteiger partial charge in [0, 0.05) is 5.56 Å². The average Bonchev–Trinajstić information content (AvgIpc) is 2.31. The SMILES string of the molecule is O=C(C[NH+]1CCCCC1)c1ccccc1. The van der Waals surface area contributed by atoms with Crippen LogP contribution in [0, 0.1) is 0 Å². The van der Waals surface area contributed by atoms with E-state index in [2.05, 4.69) is 0 Å². The predicted molar refractivity (Wildman–Crippen MR) is 60.2 cm³/mol. The number of carbonyl (C=O) groups is 1. The number of carbonyl (C=O) groups excluding carboxylic acids is 1. The number of nitrogens with one attached hydrogen (secondary N) is 1. The van der Waals surface area contributed by atoms with Crippen LogP contribution < -0.4 is 4.90 Å². The number of hydrogen-bond acceptors (Lipinski definition) is 1. The molecule has 1 aromatic carbocycles. The van der Waals surface area contributed by atoms with Gasteiger partial charge in [-0.2, -0.15) is 0 Å². The van der Waals surface area contributed by atoms with E-state index in [1.165, 1.54) is 37.3 Å². The van der Waals surface area contributed by atoms with Crippen molar-refractivity contribution in [3.63, 3.8) is 0 Å². The Morgan fingerprint density at radius 2 is 1.73 bits per heavy atom. The fraction of sp³-hybridized carbons (Fsp3) is 0.462.